The van der Waals surface area contributed by atoms with Gasteiger partial charge in [-0.15, -0.1) is 12.4 Å². The van der Waals surface area contributed by atoms with E-state index in [-0.39, 0.29) is 99.1 Å². The van der Waals surface area contributed by atoms with Gasteiger partial charge in [-0.05, 0) is 37.8 Å². The van der Waals surface area contributed by atoms with Crippen LogP contribution in [0.3, 0.4) is 0 Å². The fraction of sp³-hybridized carbons (Fsp3) is 0.517. The van der Waals surface area contributed by atoms with Crippen LogP contribution >= 0.6 is 12.4 Å². The number of rotatable bonds is 6. The standard InChI is InChI=1S/C29H29F7N6O2.ClH/c30-18-11-20(31)25-21(12-18)42(15-24(43)41-9-1-2-22(41)29(34,35)36)39-26(25)17-13-40(14-17)27(44)16-5-8-37-23(10-16)38-19-3-6-28(32,33)7-4-19;/h5,8,10-12,17,19,22H,1-4,6-7,9,13-15H2,(H,37,38);1H/t22-;/m0./s1. The highest BCUT2D eigenvalue weighted by Gasteiger charge is 2.48. The Morgan fingerprint density at radius 1 is 1.04 bits per heavy atom. The molecule has 16 heteroatoms. The van der Waals surface area contributed by atoms with Crippen molar-refractivity contribution in [3.05, 3.63) is 53.4 Å². The average molecular weight is 663 g/mol. The Bertz CT molecular complexity index is 1580. The van der Waals surface area contributed by atoms with Crippen LogP contribution in [-0.2, 0) is 11.3 Å². The van der Waals surface area contributed by atoms with E-state index in [2.05, 4.69) is 15.4 Å². The number of fused-ring (bicyclic) bond motifs is 1. The summed E-state index contributed by atoms with van der Waals surface area (Å²) in [6.07, 6.45) is -3.10. The molecule has 8 nitrogen and oxygen atoms in total. The summed E-state index contributed by atoms with van der Waals surface area (Å²) in [5.74, 6) is -5.84. The van der Waals surface area contributed by atoms with Crippen LogP contribution in [-0.4, -0.2) is 80.2 Å². The minimum Gasteiger partial charge on any atom is -0.367 e. The molecule has 3 aromatic rings. The number of aromatic nitrogens is 3. The molecule has 1 aliphatic carbocycles. The molecule has 1 N–H and O–H groups in total. The summed E-state index contributed by atoms with van der Waals surface area (Å²) in [4.78, 5) is 32.5. The molecule has 0 unspecified atom stereocenters. The monoisotopic (exact) mass is 662 g/mol. The van der Waals surface area contributed by atoms with Gasteiger partial charge in [-0.1, -0.05) is 0 Å². The first-order chi connectivity index (χ1) is 20.8. The molecule has 0 radical (unpaired) electrons. The molecule has 4 heterocycles. The van der Waals surface area contributed by atoms with Crippen LogP contribution in [0.2, 0.25) is 0 Å². The zero-order valence-electron chi connectivity index (χ0n) is 23.8. The van der Waals surface area contributed by atoms with Gasteiger partial charge in [0.25, 0.3) is 5.91 Å². The van der Waals surface area contributed by atoms with E-state index in [4.69, 9.17) is 0 Å². The van der Waals surface area contributed by atoms with Crippen molar-refractivity contribution < 1.29 is 40.3 Å². The highest BCUT2D eigenvalue weighted by Crippen LogP contribution is 2.37. The lowest BCUT2D eigenvalue weighted by Crippen LogP contribution is -2.48. The summed E-state index contributed by atoms with van der Waals surface area (Å²) >= 11 is 0. The number of carbonyl (C=O) groups excluding carboxylic acids is 2. The Morgan fingerprint density at radius 2 is 1.76 bits per heavy atom. The maximum Gasteiger partial charge on any atom is 0.408 e. The summed E-state index contributed by atoms with van der Waals surface area (Å²) in [6.45, 7) is -0.464. The number of anilines is 1. The molecular formula is C29H30ClF7N6O2. The van der Waals surface area contributed by atoms with E-state index >= 15 is 4.39 Å². The van der Waals surface area contributed by atoms with Gasteiger partial charge in [0.2, 0.25) is 11.8 Å². The second kappa shape index (κ2) is 12.3. The third kappa shape index (κ3) is 6.68. The van der Waals surface area contributed by atoms with Gasteiger partial charge >= 0.3 is 6.18 Å². The Morgan fingerprint density at radius 3 is 2.44 bits per heavy atom. The number of alkyl halides is 5. The van der Waals surface area contributed by atoms with Gasteiger partial charge in [0.15, 0.2) is 0 Å². The maximum absolute atomic E-state index is 15.0. The Balaban J connectivity index is 0.00000400. The summed E-state index contributed by atoms with van der Waals surface area (Å²) in [5.41, 5.74) is 0.416. The summed E-state index contributed by atoms with van der Waals surface area (Å²) in [6, 6.07) is 2.58. The van der Waals surface area contributed by atoms with Crippen LogP contribution in [0.5, 0.6) is 0 Å². The molecule has 3 aliphatic rings. The zero-order chi connectivity index (χ0) is 31.4. The number of benzene rings is 1. The molecule has 45 heavy (non-hydrogen) atoms. The minimum absolute atomic E-state index is 0. The van der Waals surface area contributed by atoms with Crippen LogP contribution in [0.25, 0.3) is 10.9 Å². The lowest BCUT2D eigenvalue weighted by Gasteiger charge is -2.38. The largest absolute Gasteiger partial charge is 0.408 e. The van der Waals surface area contributed by atoms with E-state index < -0.39 is 48.1 Å². The number of carbonyl (C=O) groups is 2. The molecule has 2 amide bonds. The number of hydrogen-bond donors (Lipinski definition) is 1. The fourth-order valence-electron chi connectivity index (χ4n) is 6.32. The number of nitrogens with one attached hydrogen (secondary N) is 1. The summed E-state index contributed by atoms with van der Waals surface area (Å²) in [5, 5.41) is 7.39. The number of hydrogen-bond acceptors (Lipinski definition) is 5. The van der Waals surface area contributed by atoms with Crippen molar-refractivity contribution >= 4 is 40.9 Å². The molecule has 1 aromatic carbocycles. The van der Waals surface area contributed by atoms with Gasteiger partial charge in [0.05, 0.1) is 16.6 Å². The van der Waals surface area contributed by atoms with Crippen molar-refractivity contribution in [1.82, 2.24) is 24.6 Å². The first-order valence-electron chi connectivity index (χ1n) is 14.4. The number of likely N-dealkylation sites (tertiary alicyclic amines) is 2. The third-order valence-electron chi connectivity index (χ3n) is 8.66. The molecule has 0 spiro atoms. The van der Waals surface area contributed by atoms with E-state index in [0.29, 0.717) is 17.4 Å². The maximum atomic E-state index is 15.0. The van der Waals surface area contributed by atoms with Crippen LogP contribution in [0.15, 0.2) is 30.5 Å². The van der Waals surface area contributed by atoms with E-state index in [1.165, 1.54) is 23.2 Å². The van der Waals surface area contributed by atoms with Gasteiger partial charge < -0.3 is 15.1 Å². The molecule has 6 rings (SSSR count). The first kappa shape index (κ1) is 32.8. The number of nitrogens with zero attached hydrogens (tertiary/aromatic N) is 5. The molecule has 244 valence electrons. The average Bonchev–Trinajstić information content (AvgIpc) is 3.56. The molecule has 3 fully saturated rings. The van der Waals surface area contributed by atoms with Crippen LogP contribution < -0.4 is 5.32 Å². The second-order valence-electron chi connectivity index (χ2n) is 11.7. The van der Waals surface area contributed by atoms with E-state index in [1.807, 2.05) is 0 Å². The van der Waals surface area contributed by atoms with Gasteiger partial charge in [0, 0.05) is 68.3 Å². The quantitative estimate of drug-likeness (QED) is 0.332. The van der Waals surface area contributed by atoms with Crippen molar-refractivity contribution in [2.45, 2.75) is 75.2 Å². The lowest BCUT2D eigenvalue weighted by atomic mass is 9.92. The topological polar surface area (TPSA) is 83.4 Å². The first-order valence-corrected chi connectivity index (χ1v) is 14.4. The van der Waals surface area contributed by atoms with Gasteiger partial charge in [0.1, 0.15) is 30.0 Å². The smallest absolute Gasteiger partial charge is 0.367 e. The van der Waals surface area contributed by atoms with Gasteiger partial charge in [-0.3, -0.25) is 14.3 Å². The molecule has 2 aromatic heterocycles. The Kier molecular flexibility index (Phi) is 8.95. The van der Waals surface area contributed by atoms with E-state index in [1.54, 1.807) is 0 Å². The van der Waals surface area contributed by atoms with E-state index in [9.17, 15) is 35.9 Å². The SMILES string of the molecule is Cl.O=C(c1ccnc(NC2CCC(F)(F)CC2)c1)N1CC(c2nn(CC(=O)N3CCC[C@H]3C(F)(F)F)c3cc(F)cc(F)c23)C1. The van der Waals surface area contributed by atoms with Crippen molar-refractivity contribution in [2.75, 3.05) is 25.0 Å². The molecule has 2 aliphatic heterocycles. The van der Waals surface area contributed by atoms with Crippen molar-refractivity contribution in [3.63, 3.8) is 0 Å². The minimum atomic E-state index is -4.59. The molecule has 2 saturated heterocycles. The van der Waals surface area contributed by atoms with Crippen molar-refractivity contribution in [2.24, 2.45) is 0 Å². The zero-order valence-corrected chi connectivity index (χ0v) is 24.6. The number of amides is 2. The second-order valence-corrected chi connectivity index (χ2v) is 11.7. The summed E-state index contributed by atoms with van der Waals surface area (Å²) < 4.78 is 97.5. The van der Waals surface area contributed by atoms with Gasteiger partial charge in [-0.2, -0.15) is 18.3 Å². The molecule has 0 bridgehead atoms. The highest BCUT2D eigenvalue weighted by atomic mass is 35.5. The van der Waals surface area contributed by atoms with Gasteiger partial charge in [-0.25, -0.2) is 22.5 Å². The molecule has 1 saturated carbocycles. The normalized spacial score (nSPS) is 20.6. The van der Waals surface area contributed by atoms with Crippen LogP contribution in [0, 0.1) is 11.6 Å². The van der Waals surface area contributed by atoms with Crippen molar-refractivity contribution in [3.8, 4) is 0 Å². The number of halogens is 8. The Labute approximate surface area is 259 Å². The van der Waals surface area contributed by atoms with Crippen molar-refractivity contribution in [1.29, 1.82) is 0 Å². The van der Waals surface area contributed by atoms with Crippen LogP contribution in [0.1, 0.15) is 60.5 Å². The predicted octanol–water partition coefficient (Wildman–Crippen LogP) is 5.91. The predicted molar refractivity (Wildman–Crippen MR) is 151 cm³/mol. The number of pyridine rings is 1. The Hall–Kier alpha value is -3.62. The summed E-state index contributed by atoms with van der Waals surface area (Å²) in [7, 11) is 0. The highest BCUT2D eigenvalue weighted by molar-refractivity contribution is 5.96. The van der Waals surface area contributed by atoms with E-state index in [0.717, 1.165) is 15.6 Å². The fourth-order valence-corrected chi connectivity index (χ4v) is 6.32. The molecular weight excluding hydrogens is 633 g/mol. The third-order valence-corrected chi connectivity index (χ3v) is 8.66. The molecule has 1 atom stereocenters. The lowest BCUT2D eigenvalue weighted by molar-refractivity contribution is -0.183. The van der Waals surface area contributed by atoms with Crippen LogP contribution in [0.4, 0.5) is 36.6 Å².